The maximum Gasteiger partial charge on any atom is 0.416 e. The van der Waals surface area contributed by atoms with Gasteiger partial charge in [0, 0.05) is 16.8 Å². The SMILES string of the molecule is COc1cc(/C=C(\C#N)C(=O)Nc2cccc(Cl)c2)cc(Cl)c1Oc1ccc(C(F)(F)F)cc1[N+](=O)[O-]. The van der Waals surface area contributed by atoms with E-state index in [0.29, 0.717) is 22.8 Å². The highest BCUT2D eigenvalue weighted by Crippen LogP contribution is 2.43. The summed E-state index contributed by atoms with van der Waals surface area (Å²) < 4.78 is 49.6. The van der Waals surface area contributed by atoms with Crippen LogP contribution in [0, 0.1) is 21.4 Å². The molecule has 0 saturated heterocycles. The summed E-state index contributed by atoms with van der Waals surface area (Å²) in [6, 6.07) is 12.4. The van der Waals surface area contributed by atoms with Crippen LogP contribution in [-0.4, -0.2) is 17.9 Å². The average Bonchev–Trinajstić information content (AvgIpc) is 2.83. The maximum atomic E-state index is 13.0. The van der Waals surface area contributed by atoms with Crippen LogP contribution < -0.4 is 14.8 Å². The zero-order valence-electron chi connectivity index (χ0n) is 18.6. The summed E-state index contributed by atoms with van der Waals surface area (Å²) in [5, 5.41) is 23.6. The number of ether oxygens (including phenoxy) is 2. The Morgan fingerprint density at radius 2 is 1.86 bits per heavy atom. The number of nitriles is 1. The molecule has 37 heavy (non-hydrogen) atoms. The van der Waals surface area contributed by atoms with Crippen LogP contribution in [0.4, 0.5) is 24.5 Å². The normalized spacial score (nSPS) is 11.4. The first-order valence-electron chi connectivity index (χ1n) is 10.0. The van der Waals surface area contributed by atoms with Gasteiger partial charge in [0.25, 0.3) is 5.91 Å². The highest BCUT2D eigenvalue weighted by molar-refractivity contribution is 6.32. The van der Waals surface area contributed by atoms with Crippen LogP contribution in [0.2, 0.25) is 10.0 Å². The second-order valence-corrected chi connectivity index (χ2v) is 8.05. The Morgan fingerprint density at radius 3 is 2.46 bits per heavy atom. The van der Waals surface area contributed by atoms with Crippen molar-refractivity contribution >= 4 is 46.6 Å². The quantitative estimate of drug-likeness (QED) is 0.143. The van der Waals surface area contributed by atoms with Crippen LogP contribution in [0.15, 0.2) is 60.2 Å². The van der Waals surface area contributed by atoms with Gasteiger partial charge in [0.2, 0.25) is 5.75 Å². The van der Waals surface area contributed by atoms with E-state index < -0.39 is 34.0 Å². The molecule has 3 rings (SSSR count). The second kappa shape index (κ2) is 11.2. The third-order valence-corrected chi connectivity index (χ3v) is 5.22. The zero-order chi connectivity index (χ0) is 27.3. The molecule has 1 amide bonds. The van der Waals surface area contributed by atoms with E-state index in [9.17, 15) is 33.3 Å². The van der Waals surface area contributed by atoms with E-state index in [1.807, 2.05) is 0 Å². The number of nitro groups is 1. The Morgan fingerprint density at radius 1 is 1.14 bits per heavy atom. The number of hydrogen-bond acceptors (Lipinski definition) is 6. The molecule has 0 aromatic heterocycles. The van der Waals surface area contributed by atoms with E-state index in [0.717, 1.165) is 6.07 Å². The summed E-state index contributed by atoms with van der Waals surface area (Å²) in [4.78, 5) is 22.9. The molecule has 0 fully saturated rings. The van der Waals surface area contributed by atoms with Gasteiger partial charge in [0.05, 0.1) is 22.6 Å². The second-order valence-electron chi connectivity index (χ2n) is 7.21. The molecule has 3 aromatic carbocycles. The molecule has 0 spiro atoms. The molecule has 190 valence electrons. The van der Waals surface area contributed by atoms with Crippen LogP contribution in [0.25, 0.3) is 6.08 Å². The number of nitro benzene ring substituents is 1. The molecule has 0 radical (unpaired) electrons. The number of anilines is 1. The van der Waals surface area contributed by atoms with Crippen molar-refractivity contribution in [2.24, 2.45) is 0 Å². The minimum atomic E-state index is -4.80. The lowest BCUT2D eigenvalue weighted by molar-refractivity contribution is -0.385. The van der Waals surface area contributed by atoms with Gasteiger partial charge < -0.3 is 14.8 Å². The standard InChI is InChI=1S/C24H14Cl2F3N3O5/c1-36-21-9-13(7-14(12-30)23(33)31-17-4-2-3-16(25)11-17)8-18(26)22(21)37-20-6-5-15(24(27,28)29)10-19(20)32(34)35/h2-11H,1H3,(H,31,33)/b14-7+. The molecule has 1 N–H and O–H groups in total. The third-order valence-electron chi connectivity index (χ3n) is 4.71. The lowest BCUT2D eigenvalue weighted by Gasteiger charge is -2.14. The van der Waals surface area contributed by atoms with Crippen LogP contribution in [-0.2, 0) is 11.0 Å². The Hall–Kier alpha value is -4.27. The topological polar surface area (TPSA) is 114 Å². The lowest BCUT2D eigenvalue weighted by atomic mass is 10.1. The van der Waals surface area contributed by atoms with Gasteiger partial charge in [-0.3, -0.25) is 14.9 Å². The number of halogens is 5. The minimum Gasteiger partial charge on any atom is -0.493 e. The van der Waals surface area contributed by atoms with Crippen molar-refractivity contribution in [2.75, 3.05) is 12.4 Å². The van der Waals surface area contributed by atoms with Gasteiger partial charge in [-0.15, -0.1) is 0 Å². The number of amides is 1. The van der Waals surface area contributed by atoms with E-state index in [4.69, 9.17) is 32.7 Å². The van der Waals surface area contributed by atoms with E-state index >= 15 is 0 Å². The van der Waals surface area contributed by atoms with Crippen LogP contribution in [0.3, 0.4) is 0 Å². The van der Waals surface area contributed by atoms with Gasteiger partial charge in [-0.2, -0.15) is 18.4 Å². The first-order chi connectivity index (χ1) is 17.4. The summed E-state index contributed by atoms with van der Waals surface area (Å²) in [5.41, 5.74) is -1.89. The fraction of sp³-hybridized carbons (Fsp3) is 0.0833. The first-order valence-corrected chi connectivity index (χ1v) is 10.8. The number of rotatable bonds is 7. The Balaban J connectivity index is 1.95. The molecule has 8 nitrogen and oxygen atoms in total. The molecule has 0 unspecified atom stereocenters. The van der Waals surface area contributed by atoms with Crippen molar-refractivity contribution in [3.05, 3.63) is 91.5 Å². The summed E-state index contributed by atoms with van der Waals surface area (Å²) >= 11 is 12.2. The van der Waals surface area contributed by atoms with Crippen molar-refractivity contribution in [2.45, 2.75) is 6.18 Å². The number of hydrogen-bond donors (Lipinski definition) is 1. The molecule has 0 saturated carbocycles. The number of carbonyl (C=O) groups excluding carboxylic acids is 1. The molecule has 0 bridgehead atoms. The van der Waals surface area contributed by atoms with E-state index in [2.05, 4.69) is 5.32 Å². The highest BCUT2D eigenvalue weighted by Gasteiger charge is 2.33. The Bertz CT molecular complexity index is 1450. The molecule has 0 heterocycles. The van der Waals surface area contributed by atoms with E-state index in [-0.39, 0.29) is 27.7 Å². The van der Waals surface area contributed by atoms with Crippen molar-refractivity contribution in [3.63, 3.8) is 0 Å². The van der Waals surface area contributed by atoms with Crippen molar-refractivity contribution in [1.29, 1.82) is 5.26 Å². The molecule has 0 aliphatic rings. The predicted molar refractivity (Wildman–Crippen MR) is 130 cm³/mol. The smallest absolute Gasteiger partial charge is 0.416 e. The molecule has 0 aliphatic carbocycles. The molecule has 0 atom stereocenters. The first kappa shape index (κ1) is 27.3. The zero-order valence-corrected chi connectivity index (χ0v) is 20.1. The largest absolute Gasteiger partial charge is 0.493 e. The fourth-order valence-electron chi connectivity index (χ4n) is 3.03. The van der Waals surface area contributed by atoms with Gasteiger partial charge in [0.15, 0.2) is 11.5 Å². The van der Waals surface area contributed by atoms with Gasteiger partial charge in [0.1, 0.15) is 11.6 Å². The number of nitrogens with one attached hydrogen (secondary N) is 1. The number of nitrogens with zero attached hydrogens (tertiary/aromatic N) is 2. The number of alkyl halides is 3. The van der Waals surface area contributed by atoms with Gasteiger partial charge in [-0.25, -0.2) is 0 Å². The summed E-state index contributed by atoms with van der Waals surface area (Å²) in [7, 11) is 1.23. The summed E-state index contributed by atoms with van der Waals surface area (Å²) in [6.45, 7) is 0. The van der Waals surface area contributed by atoms with E-state index in [1.165, 1.54) is 31.4 Å². The van der Waals surface area contributed by atoms with Crippen LogP contribution in [0.5, 0.6) is 17.2 Å². The molecular formula is C24H14Cl2F3N3O5. The van der Waals surface area contributed by atoms with Crippen molar-refractivity contribution in [1.82, 2.24) is 0 Å². The van der Waals surface area contributed by atoms with Gasteiger partial charge >= 0.3 is 11.9 Å². The summed E-state index contributed by atoms with van der Waals surface area (Å²) in [6.07, 6.45) is -3.59. The van der Waals surface area contributed by atoms with Crippen molar-refractivity contribution in [3.8, 4) is 23.3 Å². The van der Waals surface area contributed by atoms with Crippen molar-refractivity contribution < 1.29 is 32.4 Å². The van der Waals surface area contributed by atoms with Gasteiger partial charge in [-0.1, -0.05) is 29.3 Å². The fourth-order valence-corrected chi connectivity index (χ4v) is 3.48. The van der Waals surface area contributed by atoms with Gasteiger partial charge in [-0.05, 0) is 54.1 Å². The maximum absolute atomic E-state index is 13.0. The third kappa shape index (κ3) is 6.69. The summed E-state index contributed by atoms with van der Waals surface area (Å²) in [5.74, 6) is -1.55. The lowest BCUT2D eigenvalue weighted by Crippen LogP contribution is -2.13. The van der Waals surface area contributed by atoms with Crippen LogP contribution in [0.1, 0.15) is 11.1 Å². The number of carbonyl (C=O) groups is 1. The molecule has 0 aliphatic heterocycles. The molecule has 13 heteroatoms. The molecule has 3 aromatic rings. The predicted octanol–water partition coefficient (Wildman–Crippen LogP) is 7.27. The Labute approximate surface area is 217 Å². The number of benzene rings is 3. The average molecular weight is 552 g/mol. The monoisotopic (exact) mass is 551 g/mol. The Kier molecular flexibility index (Phi) is 8.27. The van der Waals surface area contributed by atoms with E-state index in [1.54, 1.807) is 24.3 Å². The number of methoxy groups -OCH3 is 1. The molecular weight excluding hydrogens is 538 g/mol. The minimum absolute atomic E-state index is 0.0690. The van der Waals surface area contributed by atoms with Crippen LogP contribution >= 0.6 is 23.2 Å². The highest BCUT2D eigenvalue weighted by atomic mass is 35.5.